The third kappa shape index (κ3) is 3.50. The zero-order valence-corrected chi connectivity index (χ0v) is 13.4. The number of benzene rings is 1. The summed E-state index contributed by atoms with van der Waals surface area (Å²) in [7, 11) is 0. The first-order chi connectivity index (χ1) is 9.92. The Morgan fingerprint density at radius 1 is 1.29 bits per heavy atom. The number of aryl methyl sites for hydroxylation is 2. The minimum absolute atomic E-state index is 0.0746. The smallest absolute Gasteiger partial charge is 0.137 e. The Morgan fingerprint density at radius 3 is 2.62 bits per heavy atom. The highest BCUT2D eigenvalue weighted by Crippen LogP contribution is 2.25. The molecular weight excluding hydrogens is 289 g/mol. The van der Waals surface area contributed by atoms with Crippen LogP contribution in [-0.2, 0) is 6.42 Å². The van der Waals surface area contributed by atoms with Gasteiger partial charge in [-0.3, -0.25) is 0 Å². The summed E-state index contributed by atoms with van der Waals surface area (Å²) in [4.78, 5) is 8.67. The van der Waals surface area contributed by atoms with Crippen molar-refractivity contribution in [2.45, 2.75) is 40.2 Å². The van der Waals surface area contributed by atoms with E-state index in [0.29, 0.717) is 28.8 Å². The molecule has 1 aromatic heterocycles. The maximum Gasteiger partial charge on any atom is 0.137 e. The number of hydrogen-bond acceptors (Lipinski definition) is 3. The lowest BCUT2D eigenvalue weighted by atomic mass is 10.1. The fourth-order valence-electron chi connectivity index (χ4n) is 2.00. The molecule has 5 heteroatoms. The first kappa shape index (κ1) is 15.7. The van der Waals surface area contributed by atoms with E-state index in [2.05, 4.69) is 15.3 Å². The van der Waals surface area contributed by atoms with Gasteiger partial charge in [0.05, 0.1) is 6.04 Å². The summed E-state index contributed by atoms with van der Waals surface area (Å²) in [5.74, 6) is 1.18. The zero-order valence-electron chi connectivity index (χ0n) is 12.7. The zero-order chi connectivity index (χ0) is 15.6. The van der Waals surface area contributed by atoms with Gasteiger partial charge in [-0.15, -0.1) is 0 Å². The maximum atomic E-state index is 13.7. The van der Waals surface area contributed by atoms with Crippen LogP contribution in [0.1, 0.15) is 42.4 Å². The number of anilines is 1. The average Bonchev–Trinajstić information content (AvgIpc) is 2.46. The molecule has 0 amide bonds. The van der Waals surface area contributed by atoms with Crippen LogP contribution in [0.2, 0.25) is 5.15 Å². The van der Waals surface area contributed by atoms with E-state index in [1.165, 1.54) is 0 Å². The van der Waals surface area contributed by atoms with Crippen molar-refractivity contribution in [3.05, 3.63) is 51.7 Å². The molecule has 112 valence electrons. The molecule has 0 aliphatic heterocycles. The summed E-state index contributed by atoms with van der Waals surface area (Å²) < 4.78 is 13.7. The molecule has 1 N–H and O–H groups in total. The van der Waals surface area contributed by atoms with Crippen molar-refractivity contribution in [3.63, 3.8) is 0 Å². The Bertz CT molecular complexity index is 658. The number of halogens is 2. The lowest BCUT2D eigenvalue weighted by Gasteiger charge is -2.18. The van der Waals surface area contributed by atoms with Crippen molar-refractivity contribution >= 4 is 17.4 Å². The van der Waals surface area contributed by atoms with Gasteiger partial charge in [-0.25, -0.2) is 14.4 Å². The first-order valence-corrected chi connectivity index (χ1v) is 7.35. The molecule has 1 unspecified atom stereocenters. The molecule has 21 heavy (non-hydrogen) atoms. The van der Waals surface area contributed by atoms with Crippen LogP contribution in [0, 0.1) is 19.7 Å². The van der Waals surface area contributed by atoms with Crippen molar-refractivity contribution < 1.29 is 4.39 Å². The predicted octanol–water partition coefficient (Wildman–Crippen LogP) is 4.62. The van der Waals surface area contributed by atoms with Crippen LogP contribution < -0.4 is 5.32 Å². The molecule has 0 aliphatic rings. The molecular formula is C16H19ClFN3. The fourth-order valence-corrected chi connectivity index (χ4v) is 2.19. The summed E-state index contributed by atoms with van der Waals surface area (Å²) in [6, 6.07) is 5.16. The van der Waals surface area contributed by atoms with E-state index in [-0.39, 0.29) is 11.9 Å². The first-order valence-electron chi connectivity index (χ1n) is 6.98. The molecule has 1 atom stereocenters. The molecule has 0 spiro atoms. The van der Waals surface area contributed by atoms with Gasteiger partial charge in [0.1, 0.15) is 22.6 Å². The number of hydrogen-bond donors (Lipinski definition) is 1. The number of nitrogens with one attached hydrogen (secondary N) is 1. The van der Waals surface area contributed by atoms with Gasteiger partial charge >= 0.3 is 0 Å². The Morgan fingerprint density at radius 2 is 2.00 bits per heavy atom. The summed E-state index contributed by atoms with van der Waals surface area (Å²) in [6.45, 7) is 7.56. The molecule has 3 nitrogen and oxygen atoms in total. The van der Waals surface area contributed by atoms with E-state index in [9.17, 15) is 4.39 Å². The maximum absolute atomic E-state index is 13.7. The number of nitrogens with zero attached hydrogens (tertiary/aromatic N) is 2. The lowest BCUT2D eigenvalue weighted by Crippen LogP contribution is -2.11. The Hall–Kier alpha value is -1.68. The SMILES string of the molecule is CCc1nc(Cl)c(C)c(NC(C)c2ccc(C)c(F)c2)n1. The molecule has 0 radical (unpaired) electrons. The fraction of sp³-hybridized carbons (Fsp3) is 0.375. The van der Waals surface area contributed by atoms with E-state index in [0.717, 1.165) is 11.1 Å². The van der Waals surface area contributed by atoms with Crippen molar-refractivity contribution in [1.82, 2.24) is 9.97 Å². The molecule has 0 saturated heterocycles. The Labute approximate surface area is 129 Å². The normalized spacial score (nSPS) is 12.3. The van der Waals surface area contributed by atoms with Gasteiger partial charge in [0, 0.05) is 12.0 Å². The second-order valence-electron chi connectivity index (χ2n) is 5.13. The molecule has 2 rings (SSSR count). The number of rotatable bonds is 4. The highest BCUT2D eigenvalue weighted by Gasteiger charge is 2.13. The Kier molecular flexibility index (Phi) is 4.78. The molecule has 0 aliphatic carbocycles. The van der Waals surface area contributed by atoms with Gasteiger partial charge in [-0.05, 0) is 38.0 Å². The standard InChI is InChI=1S/C16H19ClFN3/c1-5-14-20-15(17)10(3)16(21-14)19-11(4)12-7-6-9(2)13(18)8-12/h6-8,11H,5H2,1-4H3,(H,19,20,21). The number of aromatic nitrogens is 2. The van der Waals surface area contributed by atoms with Crippen LogP contribution in [0.15, 0.2) is 18.2 Å². The van der Waals surface area contributed by atoms with Crippen LogP contribution in [0.3, 0.4) is 0 Å². The minimum Gasteiger partial charge on any atom is -0.363 e. The third-order valence-corrected chi connectivity index (χ3v) is 3.87. The van der Waals surface area contributed by atoms with Crippen LogP contribution >= 0.6 is 11.6 Å². The second kappa shape index (κ2) is 6.39. The molecule has 1 heterocycles. The van der Waals surface area contributed by atoms with Gasteiger partial charge in [-0.2, -0.15) is 0 Å². The van der Waals surface area contributed by atoms with Crippen molar-refractivity contribution in [3.8, 4) is 0 Å². The van der Waals surface area contributed by atoms with Gasteiger partial charge in [0.25, 0.3) is 0 Å². The van der Waals surface area contributed by atoms with Gasteiger partial charge in [0.15, 0.2) is 0 Å². The molecule has 0 bridgehead atoms. The average molecular weight is 308 g/mol. The van der Waals surface area contributed by atoms with E-state index < -0.39 is 0 Å². The summed E-state index contributed by atoms with van der Waals surface area (Å²) in [5.41, 5.74) is 2.30. The minimum atomic E-state index is -0.201. The second-order valence-corrected chi connectivity index (χ2v) is 5.49. The monoisotopic (exact) mass is 307 g/mol. The van der Waals surface area contributed by atoms with Crippen LogP contribution in [0.5, 0.6) is 0 Å². The summed E-state index contributed by atoms with van der Waals surface area (Å²) in [6.07, 6.45) is 0.711. The van der Waals surface area contributed by atoms with Gasteiger partial charge < -0.3 is 5.32 Å². The summed E-state index contributed by atoms with van der Waals surface area (Å²) in [5, 5.41) is 3.74. The highest BCUT2D eigenvalue weighted by molar-refractivity contribution is 6.30. The quantitative estimate of drug-likeness (QED) is 0.837. The summed E-state index contributed by atoms with van der Waals surface area (Å²) >= 11 is 6.12. The molecule has 0 fully saturated rings. The molecule has 1 aromatic carbocycles. The van der Waals surface area contributed by atoms with Crippen molar-refractivity contribution in [2.24, 2.45) is 0 Å². The lowest BCUT2D eigenvalue weighted by molar-refractivity contribution is 0.614. The van der Waals surface area contributed by atoms with Crippen LogP contribution in [0.25, 0.3) is 0 Å². The molecule has 2 aromatic rings. The van der Waals surface area contributed by atoms with Gasteiger partial charge in [0.2, 0.25) is 0 Å². The van der Waals surface area contributed by atoms with E-state index in [1.54, 1.807) is 19.1 Å². The van der Waals surface area contributed by atoms with Crippen LogP contribution in [-0.4, -0.2) is 9.97 Å². The Balaban J connectivity index is 2.28. The van der Waals surface area contributed by atoms with E-state index in [4.69, 9.17) is 11.6 Å². The largest absolute Gasteiger partial charge is 0.363 e. The van der Waals surface area contributed by atoms with Crippen LogP contribution in [0.4, 0.5) is 10.2 Å². The van der Waals surface area contributed by atoms with Crippen molar-refractivity contribution in [1.29, 1.82) is 0 Å². The van der Waals surface area contributed by atoms with Crippen molar-refractivity contribution in [2.75, 3.05) is 5.32 Å². The van der Waals surface area contributed by atoms with E-state index >= 15 is 0 Å². The predicted molar refractivity (Wildman–Crippen MR) is 84.3 cm³/mol. The molecule has 0 saturated carbocycles. The van der Waals surface area contributed by atoms with Gasteiger partial charge in [-0.1, -0.05) is 30.7 Å². The highest BCUT2D eigenvalue weighted by atomic mass is 35.5. The van der Waals surface area contributed by atoms with E-state index in [1.807, 2.05) is 26.8 Å². The third-order valence-electron chi connectivity index (χ3n) is 3.50. The topological polar surface area (TPSA) is 37.8 Å².